The molecule has 1 aromatic heterocycles. The average Bonchev–Trinajstić information content (AvgIpc) is 2.47. The minimum absolute atomic E-state index is 0.0700. The zero-order valence-corrected chi connectivity index (χ0v) is 13.0. The molecule has 2 aromatic carbocycles. The second kappa shape index (κ2) is 5.92. The summed E-state index contributed by atoms with van der Waals surface area (Å²) in [5.74, 6) is 0. The van der Waals surface area contributed by atoms with Gasteiger partial charge >= 0.3 is 0 Å². The first-order valence-corrected chi connectivity index (χ1v) is 7.45. The van der Waals surface area contributed by atoms with Crippen molar-refractivity contribution in [3.8, 4) is 0 Å². The quantitative estimate of drug-likeness (QED) is 0.669. The summed E-state index contributed by atoms with van der Waals surface area (Å²) in [6.45, 7) is 2.07. The SMILES string of the molecule is CC(Nc1cccc2ccncc12)c1ccc(Cl)cc1Cl. The lowest BCUT2D eigenvalue weighted by Gasteiger charge is -2.18. The molecule has 3 rings (SSSR count). The molecule has 0 bridgehead atoms. The number of hydrogen-bond acceptors (Lipinski definition) is 2. The van der Waals surface area contributed by atoms with Crippen LogP contribution in [0.25, 0.3) is 10.8 Å². The van der Waals surface area contributed by atoms with Crippen LogP contribution < -0.4 is 5.32 Å². The minimum atomic E-state index is 0.0700. The number of anilines is 1. The molecule has 0 saturated heterocycles. The third kappa shape index (κ3) is 2.97. The fourth-order valence-corrected chi connectivity index (χ4v) is 2.98. The van der Waals surface area contributed by atoms with Gasteiger partial charge in [0.1, 0.15) is 0 Å². The number of hydrogen-bond donors (Lipinski definition) is 1. The molecule has 1 N–H and O–H groups in total. The largest absolute Gasteiger partial charge is 0.378 e. The van der Waals surface area contributed by atoms with Crippen molar-refractivity contribution in [2.24, 2.45) is 0 Å². The van der Waals surface area contributed by atoms with Gasteiger partial charge in [0.05, 0.1) is 6.04 Å². The molecule has 21 heavy (non-hydrogen) atoms. The number of aromatic nitrogens is 1. The van der Waals surface area contributed by atoms with Crippen molar-refractivity contribution in [1.82, 2.24) is 4.98 Å². The first kappa shape index (κ1) is 14.2. The Morgan fingerprint density at radius 2 is 1.95 bits per heavy atom. The highest BCUT2D eigenvalue weighted by Gasteiger charge is 2.11. The van der Waals surface area contributed by atoms with Crippen molar-refractivity contribution in [2.75, 3.05) is 5.32 Å². The van der Waals surface area contributed by atoms with E-state index in [1.807, 2.05) is 36.5 Å². The van der Waals surface area contributed by atoms with Crippen molar-refractivity contribution < 1.29 is 0 Å². The van der Waals surface area contributed by atoms with Gasteiger partial charge in [-0.25, -0.2) is 0 Å². The van der Waals surface area contributed by atoms with Crippen LogP contribution in [0.2, 0.25) is 10.0 Å². The molecule has 0 fully saturated rings. The zero-order valence-electron chi connectivity index (χ0n) is 11.5. The van der Waals surface area contributed by atoms with Crippen LogP contribution >= 0.6 is 23.2 Å². The van der Waals surface area contributed by atoms with E-state index >= 15 is 0 Å². The van der Waals surface area contributed by atoms with E-state index in [0.717, 1.165) is 22.0 Å². The Morgan fingerprint density at radius 1 is 1.10 bits per heavy atom. The van der Waals surface area contributed by atoms with Crippen LogP contribution in [0.1, 0.15) is 18.5 Å². The molecule has 0 amide bonds. The van der Waals surface area contributed by atoms with Gasteiger partial charge in [0.2, 0.25) is 0 Å². The number of fused-ring (bicyclic) bond motifs is 1. The molecule has 0 radical (unpaired) electrons. The highest BCUT2D eigenvalue weighted by molar-refractivity contribution is 6.35. The molecule has 2 nitrogen and oxygen atoms in total. The molecule has 1 atom stereocenters. The Bertz CT molecular complexity index is 781. The van der Waals surface area contributed by atoms with Crippen LogP contribution in [0.15, 0.2) is 54.9 Å². The maximum absolute atomic E-state index is 6.27. The van der Waals surface area contributed by atoms with Gasteiger partial charge in [0, 0.05) is 33.5 Å². The normalized spacial score (nSPS) is 12.3. The second-order valence-corrected chi connectivity index (χ2v) is 5.78. The summed E-state index contributed by atoms with van der Waals surface area (Å²) in [6.07, 6.45) is 3.67. The maximum Gasteiger partial charge on any atom is 0.0500 e. The standard InChI is InChI=1S/C17H14Cl2N2/c1-11(14-6-5-13(18)9-16(14)19)21-17-4-2-3-12-7-8-20-10-15(12)17/h2-11,21H,1H3. The molecule has 0 aliphatic carbocycles. The Kier molecular flexibility index (Phi) is 4.00. The van der Waals surface area contributed by atoms with Crippen molar-refractivity contribution in [2.45, 2.75) is 13.0 Å². The van der Waals surface area contributed by atoms with Gasteiger partial charge < -0.3 is 5.32 Å². The van der Waals surface area contributed by atoms with Gasteiger partial charge in [0.15, 0.2) is 0 Å². The van der Waals surface area contributed by atoms with Crippen LogP contribution in [0.5, 0.6) is 0 Å². The number of nitrogens with zero attached hydrogens (tertiary/aromatic N) is 1. The Labute approximate surface area is 133 Å². The maximum atomic E-state index is 6.27. The van der Waals surface area contributed by atoms with Crippen LogP contribution in [-0.2, 0) is 0 Å². The highest BCUT2D eigenvalue weighted by atomic mass is 35.5. The van der Waals surface area contributed by atoms with Crippen LogP contribution in [0, 0.1) is 0 Å². The van der Waals surface area contributed by atoms with Crippen LogP contribution in [-0.4, -0.2) is 4.98 Å². The Balaban J connectivity index is 1.94. The van der Waals surface area contributed by atoms with Gasteiger partial charge in [0.25, 0.3) is 0 Å². The van der Waals surface area contributed by atoms with E-state index in [1.54, 1.807) is 12.3 Å². The number of benzene rings is 2. The van der Waals surface area contributed by atoms with E-state index < -0.39 is 0 Å². The first-order chi connectivity index (χ1) is 10.1. The molecule has 4 heteroatoms. The van der Waals surface area contributed by atoms with Gasteiger partial charge in [-0.1, -0.05) is 41.4 Å². The Morgan fingerprint density at radius 3 is 2.76 bits per heavy atom. The summed E-state index contributed by atoms with van der Waals surface area (Å²) in [5, 5.41) is 7.06. The zero-order chi connectivity index (χ0) is 14.8. The third-order valence-corrected chi connectivity index (χ3v) is 4.05. The summed E-state index contributed by atoms with van der Waals surface area (Å²) < 4.78 is 0. The minimum Gasteiger partial charge on any atom is -0.378 e. The third-order valence-electron chi connectivity index (χ3n) is 3.48. The summed E-state index contributed by atoms with van der Waals surface area (Å²) in [7, 11) is 0. The van der Waals surface area contributed by atoms with Crippen molar-refractivity contribution in [3.63, 3.8) is 0 Å². The van der Waals surface area contributed by atoms with E-state index in [2.05, 4.69) is 23.3 Å². The van der Waals surface area contributed by atoms with E-state index in [-0.39, 0.29) is 6.04 Å². The molecule has 0 spiro atoms. The predicted molar refractivity (Wildman–Crippen MR) is 90.2 cm³/mol. The highest BCUT2D eigenvalue weighted by Crippen LogP contribution is 2.30. The van der Waals surface area contributed by atoms with Crippen molar-refractivity contribution in [1.29, 1.82) is 0 Å². The van der Waals surface area contributed by atoms with Gasteiger partial charge in [-0.05, 0) is 42.1 Å². The molecule has 106 valence electrons. The van der Waals surface area contributed by atoms with E-state index in [1.165, 1.54) is 0 Å². The first-order valence-electron chi connectivity index (χ1n) is 6.69. The summed E-state index contributed by atoms with van der Waals surface area (Å²) in [6, 6.07) is 13.8. The molecular weight excluding hydrogens is 303 g/mol. The van der Waals surface area contributed by atoms with Gasteiger partial charge in [-0.2, -0.15) is 0 Å². The molecule has 1 heterocycles. The van der Waals surface area contributed by atoms with E-state index in [9.17, 15) is 0 Å². The average molecular weight is 317 g/mol. The topological polar surface area (TPSA) is 24.9 Å². The van der Waals surface area contributed by atoms with Crippen molar-refractivity contribution in [3.05, 3.63) is 70.5 Å². The second-order valence-electron chi connectivity index (χ2n) is 4.93. The molecular formula is C17H14Cl2N2. The van der Waals surface area contributed by atoms with Crippen LogP contribution in [0.3, 0.4) is 0 Å². The van der Waals surface area contributed by atoms with Gasteiger partial charge in [-0.3, -0.25) is 4.98 Å². The number of halogens is 2. The lowest BCUT2D eigenvalue weighted by Crippen LogP contribution is -2.07. The molecule has 0 aliphatic rings. The fraction of sp³-hybridized carbons (Fsp3) is 0.118. The van der Waals surface area contributed by atoms with Crippen LogP contribution in [0.4, 0.5) is 5.69 Å². The number of rotatable bonds is 3. The summed E-state index contributed by atoms with van der Waals surface area (Å²) in [4.78, 5) is 4.20. The predicted octanol–water partition coefficient (Wildman–Crippen LogP) is 5.71. The molecule has 0 saturated carbocycles. The van der Waals surface area contributed by atoms with E-state index in [0.29, 0.717) is 10.0 Å². The Hall–Kier alpha value is -1.77. The molecule has 0 aliphatic heterocycles. The monoisotopic (exact) mass is 316 g/mol. The summed E-state index contributed by atoms with van der Waals surface area (Å²) >= 11 is 12.2. The lowest BCUT2D eigenvalue weighted by molar-refractivity contribution is 0.887. The van der Waals surface area contributed by atoms with E-state index in [4.69, 9.17) is 23.2 Å². The van der Waals surface area contributed by atoms with Gasteiger partial charge in [-0.15, -0.1) is 0 Å². The molecule has 3 aromatic rings. The smallest absolute Gasteiger partial charge is 0.0500 e. The lowest BCUT2D eigenvalue weighted by atomic mass is 10.1. The summed E-state index contributed by atoms with van der Waals surface area (Å²) in [5.41, 5.74) is 2.06. The fourth-order valence-electron chi connectivity index (χ4n) is 2.40. The number of pyridine rings is 1. The number of nitrogens with one attached hydrogen (secondary N) is 1. The van der Waals surface area contributed by atoms with Crippen molar-refractivity contribution >= 4 is 39.7 Å². The molecule has 1 unspecified atom stereocenters.